The molecule has 0 aliphatic carbocycles. The zero-order valence-corrected chi connectivity index (χ0v) is 13.6. The summed E-state index contributed by atoms with van der Waals surface area (Å²) >= 11 is 6.05. The van der Waals surface area contributed by atoms with Crippen LogP contribution in [0.2, 0.25) is 5.02 Å². The van der Waals surface area contributed by atoms with Crippen molar-refractivity contribution in [2.24, 2.45) is 5.92 Å². The van der Waals surface area contributed by atoms with Crippen molar-refractivity contribution < 1.29 is 0 Å². The van der Waals surface area contributed by atoms with Crippen molar-refractivity contribution in [2.75, 3.05) is 17.2 Å². The van der Waals surface area contributed by atoms with Crippen molar-refractivity contribution in [3.63, 3.8) is 0 Å². The highest BCUT2D eigenvalue weighted by Gasteiger charge is 2.05. The van der Waals surface area contributed by atoms with Crippen LogP contribution < -0.4 is 10.6 Å². The molecule has 0 unspecified atom stereocenters. The van der Waals surface area contributed by atoms with E-state index in [0.717, 1.165) is 29.3 Å². The molecule has 0 saturated heterocycles. The Balaban J connectivity index is 2.21. The van der Waals surface area contributed by atoms with Crippen molar-refractivity contribution in [1.82, 2.24) is 9.97 Å². The van der Waals surface area contributed by atoms with Crippen LogP contribution >= 0.6 is 11.6 Å². The summed E-state index contributed by atoms with van der Waals surface area (Å²) in [4.78, 5) is 8.89. The fraction of sp³-hybridized carbons (Fsp3) is 0.375. The minimum Gasteiger partial charge on any atom is -0.354 e. The highest BCUT2D eigenvalue weighted by Crippen LogP contribution is 2.24. The summed E-state index contributed by atoms with van der Waals surface area (Å²) in [5, 5.41) is 7.26. The molecule has 0 saturated carbocycles. The Hall–Kier alpha value is -1.81. The van der Waals surface area contributed by atoms with Gasteiger partial charge in [-0.05, 0) is 37.5 Å². The minimum absolute atomic E-state index is 0.542. The van der Waals surface area contributed by atoms with Crippen LogP contribution in [0.25, 0.3) is 0 Å². The van der Waals surface area contributed by atoms with Gasteiger partial charge in [0, 0.05) is 29.0 Å². The summed E-state index contributed by atoms with van der Waals surface area (Å²) in [6.07, 6.45) is 0. The Bertz CT molecular complexity index is 626. The molecule has 0 amide bonds. The maximum atomic E-state index is 6.05. The van der Waals surface area contributed by atoms with Gasteiger partial charge in [0.2, 0.25) is 5.95 Å². The second-order valence-corrected chi connectivity index (χ2v) is 6.01. The molecule has 21 heavy (non-hydrogen) atoms. The topological polar surface area (TPSA) is 49.8 Å². The first-order chi connectivity index (χ1) is 9.94. The van der Waals surface area contributed by atoms with Gasteiger partial charge in [-0.15, -0.1) is 0 Å². The zero-order chi connectivity index (χ0) is 15.4. The third kappa shape index (κ3) is 4.60. The van der Waals surface area contributed by atoms with Crippen molar-refractivity contribution in [3.8, 4) is 0 Å². The number of aryl methyl sites for hydroxylation is 2. The number of rotatable bonds is 5. The lowest BCUT2D eigenvalue weighted by Crippen LogP contribution is -2.11. The van der Waals surface area contributed by atoms with Crippen LogP contribution in [0.5, 0.6) is 0 Å². The SMILES string of the molecule is Cc1cc(Nc2cc(Cl)ccc2C)nc(NCC(C)C)n1. The van der Waals surface area contributed by atoms with Gasteiger partial charge in [-0.2, -0.15) is 4.98 Å². The van der Waals surface area contributed by atoms with Crippen molar-refractivity contribution in [1.29, 1.82) is 0 Å². The highest BCUT2D eigenvalue weighted by atomic mass is 35.5. The molecular weight excluding hydrogens is 284 g/mol. The molecular formula is C16H21ClN4. The molecule has 1 aromatic carbocycles. The first-order valence-electron chi connectivity index (χ1n) is 7.07. The second kappa shape index (κ2) is 6.76. The summed E-state index contributed by atoms with van der Waals surface area (Å²) in [6.45, 7) is 9.14. The molecule has 5 heteroatoms. The third-order valence-corrected chi connectivity index (χ3v) is 3.22. The normalized spacial score (nSPS) is 10.8. The van der Waals surface area contributed by atoms with Crippen LogP contribution in [-0.4, -0.2) is 16.5 Å². The third-order valence-electron chi connectivity index (χ3n) is 2.98. The number of halogens is 1. The largest absolute Gasteiger partial charge is 0.354 e. The fourth-order valence-electron chi connectivity index (χ4n) is 1.87. The van der Waals surface area contributed by atoms with Crippen LogP contribution in [0, 0.1) is 19.8 Å². The Kier molecular flexibility index (Phi) is 5.02. The fourth-order valence-corrected chi connectivity index (χ4v) is 2.05. The lowest BCUT2D eigenvalue weighted by atomic mass is 10.2. The van der Waals surface area contributed by atoms with Crippen LogP contribution in [0.15, 0.2) is 24.3 Å². The summed E-state index contributed by atoms with van der Waals surface area (Å²) in [5.41, 5.74) is 2.99. The monoisotopic (exact) mass is 304 g/mol. The van der Waals surface area contributed by atoms with E-state index in [0.29, 0.717) is 16.9 Å². The zero-order valence-electron chi connectivity index (χ0n) is 12.9. The van der Waals surface area contributed by atoms with Gasteiger partial charge in [0.25, 0.3) is 0 Å². The number of hydrogen-bond donors (Lipinski definition) is 2. The van der Waals surface area contributed by atoms with Crippen LogP contribution in [0.1, 0.15) is 25.1 Å². The van der Waals surface area contributed by atoms with E-state index in [2.05, 4.69) is 34.4 Å². The Morgan fingerprint density at radius 2 is 1.90 bits per heavy atom. The van der Waals surface area contributed by atoms with Crippen molar-refractivity contribution in [3.05, 3.63) is 40.5 Å². The maximum Gasteiger partial charge on any atom is 0.224 e. The average molecular weight is 305 g/mol. The highest BCUT2D eigenvalue weighted by molar-refractivity contribution is 6.30. The minimum atomic E-state index is 0.542. The number of nitrogens with zero attached hydrogens (tertiary/aromatic N) is 2. The van der Waals surface area contributed by atoms with Crippen molar-refractivity contribution >= 4 is 29.1 Å². The van der Waals surface area contributed by atoms with Crippen LogP contribution in [-0.2, 0) is 0 Å². The Morgan fingerprint density at radius 3 is 2.62 bits per heavy atom. The maximum absolute atomic E-state index is 6.05. The van der Waals surface area contributed by atoms with E-state index in [1.807, 2.05) is 38.1 Å². The van der Waals surface area contributed by atoms with Gasteiger partial charge in [0.1, 0.15) is 5.82 Å². The molecule has 0 atom stereocenters. The lowest BCUT2D eigenvalue weighted by Gasteiger charge is -2.12. The van der Waals surface area contributed by atoms with Gasteiger partial charge in [0.15, 0.2) is 0 Å². The van der Waals surface area contributed by atoms with Gasteiger partial charge >= 0.3 is 0 Å². The molecule has 1 aromatic heterocycles. The van der Waals surface area contributed by atoms with E-state index in [9.17, 15) is 0 Å². The molecule has 4 nitrogen and oxygen atoms in total. The second-order valence-electron chi connectivity index (χ2n) is 5.58. The molecule has 2 rings (SSSR count). The number of benzene rings is 1. The smallest absolute Gasteiger partial charge is 0.224 e. The molecule has 1 heterocycles. The summed E-state index contributed by atoms with van der Waals surface area (Å²) in [7, 11) is 0. The van der Waals surface area contributed by atoms with Gasteiger partial charge in [-0.25, -0.2) is 4.98 Å². The molecule has 0 aliphatic heterocycles. The van der Waals surface area contributed by atoms with Gasteiger partial charge in [-0.3, -0.25) is 0 Å². The Morgan fingerprint density at radius 1 is 1.14 bits per heavy atom. The number of nitrogens with one attached hydrogen (secondary N) is 2. The van der Waals surface area contributed by atoms with E-state index in [4.69, 9.17) is 11.6 Å². The molecule has 112 valence electrons. The van der Waals surface area contributed by atoms with E-state index in [1.54, 1.807) is 0 Å². The number of hydrogen-bond acceptors (Lipinski definition) is 4. The number of aromatic nitrogens is 2. The molecule has 0 bridgehead atoms. The average Bonchev–Trinajstić information content (AvgIpc) is 2.40. The predicted molar refractivity (Wildman–Crippen MR) is 89.6 cm³/mol. The van der Waals surface area contributed by atoms with E-state index in [1.165, 1.54) is 0 Å². The molecule has 0 fully saturated rings. The molecule has 0 radical (unpaired) electrons. The number of anilines is 3. The van der Waals surface area contributed by atoms with Gasteiger partial charge in [-0.1, -0.05) is 31.5 Å². The predicted octanol–water partition coefficient (Wildman–Crippen LogP) is 4.56. The molecule has 2 N–H and O–H groups in total. The van der Waals surface area contributed by atoms with E-state index < -0.39 is 0 Å². The standard InChI is InChI=1S/C16H21ClN4/c1-10(2)9-18-16-19-12(4)7-15(21-16)20-14-8-13(17)6-5-11(14)3/h5-8,10H,9H2,1-4H3,(H2,18,19,20,21). The first kappa shape index (κ1) is 15.6. The quantitative estimate of drug-likeness (QED) is 0.850. The molecule has 2 aromatic rings. The summed E-state index contributed by atoms with van der Waals surface area (Å²) in [6, 6.07) is 7.68. The summed E-state index contributed by atoms with van der Waals surface area (Å²) in [5.74, 6) is 1.95. The first-order valence-corrected chi connectivity index (χ1v) is 7.44. The Labute approximate surface area is 131 Å². The molecule has 0 aliphatic rings. The van der Waals surface area contributed by atoms with E-state index >= 15 is 0 Å². The van der Waals surface area contributed by atoms with Crippen LogP contribution in [0.4, 0.5) is 17.5 Å². The van der Waals surface area contributed by atoms with Crippen molar-refractivity contribution in [2.45, 2.75) is 27.7 Å². The van der Waals surface area contributed by atoms with Crippen LogP contribution in [0.3, 0.4) is 0 Å². The van der Waals surface area contributed by atoms with Gasteiger partial charge < -0.3 is 10.6 Å². The lowest BCUT2D eigenvalue weighted by molar-refractivity contribution is 0.684. The van der Waals surface area contributed by atoms with E-state index in [-0.39, 0.29) is 0 Å². The van der Waals surface area contributed by atoms with Gasteiger partial charge in [0.05, 0.1) is 0 Å². The summed E-state index contributed by atoms with van der Waals surface area (Å²) < 4.78 is 0. The molecule has 0 spiro atoms.